The van der Waals surface area contributed by atoms with Gasteiger partial charge >= 0.3 is 6.03 Å². The van der Waals surface area contributed by atoms with E-state index in [4.69, 9.17) is 0 Å². The second-order valence-corrected chi connectivity index (χ2v) is 2.59. The van der Waals surface area contributed by atoms with Crippen LogP contribution in [0.1, 0.15) is 0 Å². The minimum absolute atomic E-state index is 0.688. The number of hydrogen-bond acceptors (Lipinski definition) is 5. The molecule has 0 aliphatic carbocycles. The van der Waals surface area contributed by atoms with E-state index in [-0.39, 0.29) is 0 Å². The highest BCUT2D eigenvalue weighted by Gasteiger charge is 2.43. The molecule has 7 heteroatoms. The molecular weight excluding hydrogens is 178 g/mol. The van der Waals surface area contributed by atoms with Gasteiger partial charge in [-0.2, -0.15) is 0 Å². The van der Waals surface area contributed by atoms with Gasteiger partial charge in [-0.1, -0.05) is 0 Å². The summed E-state index contributed by atoms with van der Waals surface area (Å²) < 4.78 is 0. The highest BCUT2D eigenvalue weighted by atomic mass is 16.3. The van der Waals surface area contributed by atoms with Crippen LogP contribution in [0.25, 0.3) is 0 Å². The second-order valence-electron chi connectivity index (χ2n) is 2.59. The van der Waals surface area contributed by atoms with Crippen LogP contribution in [0, 0.1) is 4.91 Å². The normalized spacial score (nSPS) is 19.7. The number of likely N-dealkylation sites (N-methyl/N-ethyl adjacent to an activating group) is 2. The van der Waals surface area contributed by atoms with Crippen LogP contribution in [0.4, 0.5) is 4.79 Å². The summed E-state index contributed by atoms with van der Waals surface area (Å²) in [4.78, 5) is 44.7. The summed E-state index contributed by atoms with van der Waals surface area (Å²) in [6.07, 6.45) is 0. The lowest BCUT2D eigenvalue weighted by atomic mass is 10.2. The molecule has 0 aromatic carbocycles. The van der Waals surface area contributed by atoms with Crippen molar-refractivity contribution < 1.29 is 14.4 Å². The molecule has 4 amide bonds. The number of nitrogens with zero attached hydrogens (tertiary/aromatic N) is 3. The molecule has 0 atom stereocenters. The highest BCUT2D eigenvalue weighted by molar-refractivity contribution is 6.18. The Kier molecular flexibility index (Phi) is 2.09. The van der Waals surface area contributed by atoms with E-state index in [0.717, 1.165) is 0 Å². The molecule has 1 heterocycles. The van der Waals surface area contributed by atoms with E-state index in [1.807, 2.05) is 0 Å². The molecule has 1 fully saturated rings. The van der Waals surface area contributed by atoms with E-state index in [1.165, 1.54) is 14.1 Å². The largest absolute Gasteiger partial charge is 0.333 e. The lowest BCUT2D eigenvalue weighted by Gasteiger charge is -2.29. The molecule has 13 heavy (non-hydrogen) atoms. The Balaban J connectivity index is 3.05. The second kappa shape index (κ2) is 2.92. The van der Waals surface area contributed by atoms with Crippen LogP contribution < -0.4 is 0 Å². The fraction of sp³-hybridized carbons (Fsp3) is 0.500. The van der Waals surface area contributed by atoms with Crippen LogP contribution in [0.2, 0.25) is 0 Å². The monoisotopic (exact) mass is 185 g/mol. The summed E-state index contributed by atoms with van der Waals surface area (Å²) >= 11 is 0. The molecule has 1 aliphatic heterocycles. The van der Waals surface area contributed by atoms with Crippen molar-refractivity contribution in [3.8, 4) is 0 Å². The van der Waals surface area contributed by atoms with Gasteiger partial charge in [-0.3, -0.25) is 19.4 Å². The van der Waals surface area contributed by atoms with Gasteiger partial charge in [0.15, 0.2) is 0 Å². The van der Waals surface area contributed by atoms with Crippen LogP contribution in [0.15, 0.2) is 5.18 Å². The van der Waals surface area contributed by atoms with Crippen molar-refractivity contribution >= 4 is 17.8 Å². The zero-order valence-corrected chi connectivity index (χ0v) is 7.05. The third-order valence-electron chi connectivity index (χ3n) is 1.81. The van der Waals surface area contributed by atoms with Crippen molar-refractivity contribution in [2.45, 2.75) is 6.04 Å². The first-order chi connectivity index (χ1) is 6.00. The zero-order valence-electron chi connectivity index (χ0n) is 7.05. The van der Waals surface area contributed by atoms with Gasteiger partial charge in [0.1, 0.15) is 0 Å². The Morgan fingerprint density at radius 2 is 1.46 bits per heavy atom. The fourth-order valence-corrected chi connectivity index (χ4v) is 0.976. The predicted octanol–water partition coefficient (Wildman–Crippen LogP) is -0.828. The molecule has 0 aromatic rings. The zero-order chi connectivity index (χ0) is 10.2. The molecule has 0 bridgehead atoms. The summed E-state index contributed by atoms with van der Waals surface area (Å²) in [5.41, 5.74) is 0. The average molecular weight is 185 g/mol. The topological polar surface area (TPSA) is 87.1 Å². The van der Waals surface area contributed by atoms with E-state index in [0.29, 0.717) is 9.80 Å². The maximum absolute atomic E-state index is 11.1. The Bertz CT molecular complexity index is 276. The number of barbiturate groups is 1. The van der Waals surface area contributed by atoms with Gasteiger partial charge in [-0.15, -0.1) is 4.91 Å². The van der Waals surface area contributed by atoms with Gasteiger partial charge in [-0.25, -0.2) is 4.79 Å². The predicted molar refractivity (Wildman–Crippen MR) is 40.5 cm³/mol. The molecule has 0 aromatic heterocycles. The van der Waals surface area contributed by atoms with Crippen LogP contribution in [0.5, 0.6) is 0 Å². The fourth-order valence-electron chi connectivity index (χ4n) is 0.976. The summed E-state index contributed by atoms with van der Waals surface area (Å²) in [6, 6.07) is -2.37. The van der Waals surface area contributed by atoms with E-state index in [9.17, 15) is 19.3 Å². The molecular formula is C6H7N3O4. The number of amides is 4. The van der Waals surface area contributed by atoms with E-state index in [1.54, 1.807) is 0 Å². The number of carbonyl (C=O) groups is 3. The first-order valence-electron chi connectivity index (χ1n) is 3.42. The standard InChI is InChI=1S/C6H7N3O4/c1-8-4(10)3(7-13)5(11)9(2)6(8)12/h3H,1-2H3. The maximum atomic E-state index is 11.1. The minimum atomic E-state index is -1.62. The molecule has 0 radical (unpaired) electrons. The van der Waals surface area contributed by atoms with Gasteiger partial charge < -0.3 is 0 Å². The molecule has 0 unspecified atom stereocenters. The molecule has 0 spiro atoms. The first-order valence-corrected chi connectivity index (χ1v) is 3.42. The average Bonchev–Trinajstić information content (AvgIpc) is 2.13. The molecule has 1 aliphatic rings. The Morgan fingerprint density at radius 1 is 1.08 bits per heavy atom. The van der Waals surface area contributed by atoms with E-state index >= 15 is 0 Å². The van der Waals surface area contributed by atoms with Crippen molar-refractivity contribution in [1.82, 2.24) is 9.80 Å². The van der Waals surface area contributed by atoms with Gasteiger partial charge in [0.25, 0.3) is 11.8 Å². The van der Waals surface area contributed by atoms with Crippen molar-refractivity contribution in [3.05, 3.63) is 4.91 Å². The number of rotatable bonds is 1. The third-order valence-corrected chi connectivity index (χ3v) is 1.81. The third kappa shape index (κ3) is 1.17. The van der Waals surface area contributed by atoms with Crippen molar-refractivity contribution in [1.29, 1.82) is 0 Å². The summed E-state index contributed by atoms with van der Waals surface area (Å²) in [5.74, 6) is -1.77. The van der Waals surface area contributed by atoms with Crippen LogP contribution in [-0.4, -0.2) is 47.8 Å². The minimum Gasteiger partial charge on any atom is -0.271 e. The van der Waals surface area contributed by atoms with E-state index < -0.39 is 23.9 Å². The Labute approximate surface area is 73.3 Å². The molecule has 1 saturated heterocycles. The summed E-state index contributed by atoms with van der Waals surface area (Å²) in [6.45, 7) is 0. The lowest BCUT2D eigenvalue weighted by molar-refractivity contribution is -0.142. The maximum Gasteiger partial charge on any atom is 0.333 e. The van der Waals surface area contributed by atoms with E-state index in [2.05, 4.69) is 5.18 Å². The number of urea groups is 1. The van der Waals surface area contributed by atoms with Gasteiger partial charge in [0.05, 0.1) is 0 Å². The quantitative estimate of drug-likeness (QED) is 0.394. The Morgan fingerprint density at radius 3 is 1.77 bits per heavy atom. The number of hydrogen-bond donors (Lipinski definition) is 0. The van der Waals surface area contributed by atoms with Gasteiger partial charge in [0.2, 0.25) is 6.04 Å². The molecule has 0 N–H and O–H groups in total. The number of carbonyl (C=O) groups excluding carboxylic acids is 3. The van der Waals surface area contributed by atoms with Crippen molar-refractivity contribution in [3.63, 3.8) is 0 Å². The highest BCUT2D eigenvalue weighted by Crippen LogP contribution is 2.11. The SMILES string of the molecule is CN1C(=O)C(N=O)C(=O)N(C)C1=O. The smallest absolute Gasteiger partial charge is 0.271 e. The molecule has 1 rings (SSSR count). The summed E-state index contributed by atoms with van der Waals surface area (Å²) in [7, 11) is 2.37. The van der Waals surface area contributed by atoms with Gasteiger partial charge in [0, 0.05) is 14.1 Å². The Hall–Kier alpha value is -1.79. The van der Waals surface area contributed by atoms with Crippen LogP contribution >= 0.6 is 0 Å². The lowest BCUT2D eigenvalue weighted by Crippen LogP contribution is -2.58. The molecule has 0 saturated carbocycles. The summed E-state index contributed by atoms with van der Waals surface area (Å²) in [5, 5.41) is 2.36. The molecule has 7 nitrogen and oxygen atoms in total. The van der Waals surface area contributed by atoms with Gasteiger partial charge in [-0.05, 0) is 5.18 Å². The number of imide groups is 2. The number of nitroso groups, excluding NO2 is 1. The first kappa shape index (κ1) is 9.30. The van der Waals surface area contributed by atoms with Crippen LogP contribution in [0.3, 0.4) is 0 Å². The van der Waals surface area contributed by atoms with Crippen LogP contribution in [-0.2, 0) is 9.59 Å². The van der Waals surface area contributed by atoms with Crippen molar-refractivity contribution in [2.24, 2.45) is 5.18 Å². The van der Waals surface area contributed by atoms with Crippen molar-refractivity contribution in [2.75, 3.05) is 14.1 Å². The molecule has 70 valence electrons.